The van der Waals surface area contributed by atoms with E-state index in [1.807, 2.05) is 6.92 Å². The van der Waals surface area contributed by atoms with Crippen LogP contribution in [0.1, 0.15) is 120 Å². The van der Waals surface area contributed by atoms with E-state index in [1.165, 1.54) is 18.2 Å². The van der Waals surface area contributed by atoms with E-state index < -0.39 is 22.3 Å². The van der Waals surface area contributed by atoms with Crippen molar-refractivity contribution < 1.29 is 19.1 Å². The number of esters is 1. The number of fused-ring (bicyclic) bond motifs is 6. The molecule has 5 fully saturated rings. The second-order valence-corrected chi connectivity index (χ2v) is 22.0. The Morgan fingerprint density at radius 2 is 1.00 bits per heavy atom. The molecule has 1 saturated heterocycles. The van der Waals surface area contributed by atoms with E-state index in [0.717, 1.165) is 42.2 Å². The molecule has 0 radical (unpaired) electrons. The number of ketones is 1. The van der Waals surface area contributed by atoms with Crippen LogP contribution in [-0.2, 0) is 19.1 Å². The summed E-state index contributed by atoms with van der Waals surface area (Å²) < 4.78 is 6.49. The maximum atomic E-state index is 13.3. The minimum Gasteiger partial charge on any atom is -0.453 e. The lowest BCUT2D eigenvalue weighted by molar-refractivity contribution is -0.160. The van der Waals surface area contributed by atoms with Gasteiger partial charge in [0.15, 0.2) is 16.5 Å². The minimum atomic E-state index is -1.16. The number of carbonyl (C=O) groups excluding carboxylic acids is 3. The molecular weight excluding hydrogens is 1090 g/mol. The summed E-state index contributed by atoms with van der Waals surface area (Å²) in [5.41, 5.74) is 113. The van der Waals surface area contributed by atoms with E-state index in [9.17, 15) is 14.4 Å². The van der Waals surface area contributed by atoms with Crippen LogP contribution in [0.15, 0.2) is 307 Å². The topological polar surface area (TPSA) is 60.4 Å². The second kappa shape index (κ2) is 38.4. The normalized spacial score (nSPS) is 21.6. The fourth-order valence-electron chi connectivity index (χ4n) is 10.2. The van der Waals surface area contributed by atoms with Crippen molar-refractivity contribution in [3.05, 3.63) is 307 Å². The molecule has 0 aromatic carbocycles. The van der Waals surface area contributed by atoms with Crippen LogP contribution in [0.3, 0.4) is 0 Å². The molecular formula is C83H62O4S. The first kappa shape index (κ1) is 70.8. The summed E-state index contributed by atoms with van der Waals surface area (Å²) in [5.74, 6) is 0.966. The summed E-state index contributed by atoms with van der Waals surface area (Å²) in [6, 6.07) is 0. The molecule has 0 aromatic heterocycles. The molecule has 0 aromatic rings. The van der Waals surface area contributed by atoms with E-state index >= 15 is 0 Å². The Hall–Kier alpha value is -11.4. The maximum Gasteiger partial charge on any atom is 0.306 e. The number of rotatable bonds is 3. The average Bonchev–Trinajstić information content (AvgIpc) is 1.54. The van der Waals surface area contributed by atoms with Gasteiger partial charge in [-0.15, -0.1) is 0 Å². The molecule has 1 aliphatic heterocycles. The second-order valence-electron chi connectivity index (χ2n) is 20.4. The molecule has 4 nitrogen and oxygen atoms in total. The van der Waals surface area contributed by atoms with Gasteiger partial charge in [-0.25, -0.2) is 0 Å². The zero-order chi connectivity index (χ0) is 64.6. The molecule has 1 spiro atoms. The monoisotopic (exact) mass is 1150 g/mol. The smallest absolute Gasteiger partial charge is 0.306 e. The van der Waals surface area contributed by atoms with Crippen LogP contribution < -0.4 is 0 Å². The van der Waals surface area contributed by atoms with Crippen LogP contribution in [0.2, 0.25) is 0 Å². The molecule has 6 rings (SSSR count). The van der Waals surface area contributed by atoms with E-state index in [0.29, 0.717) is 53.2 Å². The Morgan fingerprint density at radius 1 is 0.580 bits per heavy atom. The van der Waals surface area contributed by atoms with Gasteiger partial charge in [0.25, 0.3) is 0 Å². The van der Waals surface area contributed by atoms with Crippen molar-refractivity contribution in [2.45, 2.75) is 131 Å². The number of hydrogen-bond acceptors (Lipinski definition) is 5. The SMILES string of the molecule is C=C=C=C=C=C=C(C)CC.C=C=C=C=C=C=C=C=C=C=C=C=C=C=C=C1C(=C=C=C=C=C=C=C=C=C=C=C=C=C=C)C2C3C(=C=C=C=C=C=C)C(=C=C=C=C=C)C4=CC(=O)CCC4(C)C3CCC2(C)C12CCC(=O)O2.CC1CC1C.CCC(C)SC(C)=O. The zero-order valence-corrected chi connectivity index (χ0v) is 52.3. The van der Waals surface area contributed by atoms with Crippen molar-refractivity contribution in [3.8, 4) is 0 Å². The van der Waals surface area contributed by atoms with Gasteiger partial charge in [-0.1, -0.05) is 118 Å². The molecule has 5 heteroatoms. The Balaban J connectivity index is 0.000000734. The van der Waals surface area contributed by atoms with Crippen LogP contribution in [0.5, 0.6) is 0 Å². The van der Waals surface area contributed by atoms with E-state index in [1.54, 1.807) is 13.0 Å². The Kier molecular flexibility index (Phi) is 30.9. The molecule has 0 amide bonds. The van der Waals surface area contributed by atoms with E-state index in [2.05, 4.69) is 316 Å². The summed E-state index contributed by atoms with van der Waals surface area (Å²) in [6.07, 6.45) is 8.14. The minimum absolute atomic E-state index is 0.0133. The highest BCUT2D eigenvalue weighted by Gasteiger charge is 2.72. The number of ether oxygens (including phenoxy) is 1. The highest BCUT2D eigenvalue weighted by molar-refractivity contribution is 8.14. The molecule has 9 atom stereocenters. The first-order valence-electron chi connectivity index (χ1n) is 28.1. The molecule has 6 aliphatic rings. The lowest BCUT2D eigenvalue weighted by Crippen LogP contribution is -2.56. The third-order valence-corrected chi connectivity index (χ3v) is 16.0. The van der Waals surface area contributed by atoms with Gasteiger partial charge in [0.1, 0.15) is 0 Å². The van der Waals surface area contributed by atoms with Gasteiger partial charge in [-0.2, -0.15) is 0 Å². The Labute approximate surface area is 523 Å². The third-order valence-electron chi connectivity index (χ3n) is 14.9. The highest BCUT2D eigenvalue weighted by Crippen LogP contribution is 2.73. The first-order valence-corrected chi connectivity index (χ1v) is 29.0. The van der Waals surface area contributed by atoms with Gasteiger partial charge in [-0.05, 0) is 296 Å². The van der Waals surface area contributed by atoms with Crippen molar-refractivity contribution in [2.24, 2.45) is 40.4 Å². The van der Waals surface area contributed by atoms with Crippen LogP contribution >= 0.6 is 11.8 Å². The lowest BCUT2D eigenvalue weighted by atomic mass is 9.44. The highest BCUT2D eigenvalue weighted by atomic mass is 32.2. The Bertz CT molecular complexity index is 4750. The largest absolute Gasteiger partial charge is 0.453 e. The van der Waals surface area contributed by atoms with Crippen LogP contribution in [0.4, 0.5) is 0 Å². The molecule has 1 heterocycles. The fraction of sp³-hybridized carbons (Fsp3) is 0.325. The third kappa shape index (κ3) is 21.6. The number of allylic oxidation sites excluding steroid dienone is 4. The molecule has 4 saturated carbocycles. The van der Waals surface area contributed by atoms with Crippen molar-refractivity contribution in [2.75, 3.05) is 0 Å². The zero-order valence-electron chi connectivity index (χ0n) is 51.5. The van der Waals surface area contributed by atoms with Gasteiger partial charge < -0.3 is 4.74 Å². The van der Waals surface area contributed by atoms with Crippen molar-refractivity contribution in [1.29, 1.82) is 0 Å². The molecule has 9 unspecified atom stereocenters. The number of hydrogen-bond donors (Lipinski definition) is 0. The molecule has 0 bridgehead atoms. The summed E-state index contributed by atoms with van der Waals surface area (Å²) >= 11 is 1.42. The summed E-state index contributed by atoms with van der Waals surface area (Å²) in [6.45, 7) is 36.0. The average molecular weight is 1160 g/mol. The van der Waals surface area contributed by atoms with Gasteiger partial charge >= 0.3 is 5.97 Å². The van der Waals surface area contributed by atoms with Gasteiger partial charge in [0.05, 0.1) is 5.57 Å². The molecule has 88 heavy (non-hydrogen) atoms. The molecule has 424 valence electrons. The van der Waals surface area contributed by atoms with E-state index in [-0.39, 0.29) is 35.1 Å². The number of carbonyl (C=O) groups is 3. The maximum absolute atomic E-state index is 13.3. The van der Waals surface area contributed by atoms with Crippen LogP contribution in [-0.4, -0.2) is 27.7 Å². The first-order chi connectivity index (χ1) is 42.5. The fourth-order valence-corrected chi connectivity index (χ4v) is 10.9. The summed E-state index contributed by atoms with van der Waals surface area (Å²) in [4.78, 5) is 36.9. The predicted octanol–water partition coefficient (Wildman–Crippen LogP) is 17.3. The lowest BCUT2D eigenvalue weighted by Gasteiger charge is -2.58. The number of thioether (sulfide) groups is 1. The van der Waals surface area contributed by atoms with Crippen molar-refractivity contribution >= 4 is 28.6 Å². The molecule has 0 N–H and O–H groups in total. The summed E-state index contributed by atoms with van der Waals surface area (Å²) in [5, 5.41) is 0.715. The quantitative estimate of drug-likeness (QED) is 0.208. The van der Waals surface area contributed by atoms with Gasteiger partial charge in [-0.3, -0.25) is 14.4 Å². The Morgan fingerprint density at radius 3 is 1.42 bits per heavy atom. The van der Waals surface area contributed by atoms with Crippen molar-refractivity contribution in [1.82, 2.24) is 0 Å². The van der Waals surface area contributed by atoms with E-state index in [4.69, 9.17) is 4.74 Å². The van der Waals surface area contributed by atoms with Crippen LogP contribution in [0, 0.1) is 40.4 Å². The molecule has 5 aliphatic carbocycles. The van der Waals surface area contributed by atoms with Crippen LogP contribution in [0.25, 0.3) is 0 Å². The predicted molar refractivity (Wildman–Crippen MR) is 343 cm³/mol. The summed E-state index contributed by atoms with van der Waals surface area (Å²) in [7, 11) is 0. The standard InChI is InChI=1S/C62H30O3.C10H10.C6H12OS.C5H10/c1-7-11-15-18-20-22-24-26-28-30-32-34-38-42-54-53(41-37-33-31-29-27-25-23-21-19-16-12-8-2)59-58-52(40-36-17-13-9-3)51(39-35-14-10-4)56-49-50(63)43-46-60(56,5)55(58)44-47-61(59,6)62(54)48-45-57(64)65-62;1-4-6-7-8-9-10(3)5-2;1-4-5(2)8-6(3)7;1-4-3-5(4)2/h49,55,58-59H,1-4,43-48H2,5-6H3;1,5H2,2-3H3;5H,4H2,1-3H3;4-5H,3H2,1-2H3. The van der Waals surface area contributed by atoms with Crippen molar-refractivity contribution in [3.63, 3.8) is 0 Å². The van der Waals surface area contributed by atoms with Gasteiger partial charge in [0, 0.05) is 65.4 Å². The van der Waals surface area contributed by atoms with Gasteiger partial charge in [0.2, 0.25) is 0 Å².